The Labute approximate surface area is 122 Å². The van der Waals surface area contributed by atoms with Gasteiger partial charge in [-0.05, 0) is 32.1 Å². The Bertz CT molecular complexity index is 489. The summed E-state index contributed by atoms with van der Waals surface area (Å²) in [5.41, 5.74) is -0.559. The Morgan fingerprint density at radius 2 is 2.10 bits per heavy atom. The zero-order chi connectivity index (χ0) is 15.1. The van der Waals surface area contributed by atoms with E-state index in [1.54, 1.807) is 0 Å². The van der Waals surface area contributed by atoms with E-state index in [0.29, 0.717) is 12.8 Å². The van der Waals surface area contributed by atoms with Crippen molar-refractivity contribution < 1.29 is 13.2 Å². The van der Waals surface area contributed by atoms with Crippen LogP contribution in [0, 0.1) is 5.92 Å². The Morgan fingerprint density at radius 1 is 1.45 bits per heavy atom. The van der Waals surface area contributed by atoms with Crippen LogP contribution in [0.2, 0.25) is 0 Å². The molecular weight excluding hydrogens is 276 g/mol. The van der Waals surface area contributed by atoms with Gasteiger partial charge in [0.05, 0.1) is 23.2 Å². The van der Waals surface area contributed by atoms with Gasteiger partial charge in [0.25, 0.3) is 0 Å². The first-order valence-electron chi connectivity index (χ1n) is 7.51. The van der Waals surface area contributed by atoms with E-state index < -0.39 is 15.4 Å². The molecule has 2 aliphatic rings. The molecule has 20 heavy (non-hydrogen) atoms. The monoisotopic (exact) mass is 302 g/mol. The molecule has 2 aliphatic heterocycles. The van der Waals surface area contributed by atoms with Crippen LogP contribution < -0.4 is 5.32 Å². The summed E-state index contributed by atoms with van der Waals surface area (Å²) in [5, 5.41) is 3.42. The summed E-state index contributed by atoms with van der Waals surface area (Å²) in [6.07, 6.45) is 2.09. The highest BCUT2D eigenvalue weighted by molar-refractivity contribution is 7.91. The zero-order valence-electron chi connectivity index (χ0n) is 12.8. The molecule has 5 nitrogen and oxygen atoms in total. The molecule has 0 aromatic heterocycles. The van der Waals surface area contributed by atoms with E-state index in [9.17, 15) is 13.2 Å². The Balaban J connectivity index is 2.29. The van der Waals surface area contributed by atoms with Crippen LogP contribution in [0.3, 0.4) is 0 Å². The van der Waals surface area contributed by atoms with Crippen LogP contribution in [0.1, 0.15) is 47.0 Å². The predicted octanol–water partition coefficient (Wildman–Crippen LogP) is 1.15. The SMILES string of the molecule is CCC1(C)NC(C(C)C)N(C2CCCS(=O)(=O)C2)C1=O. The van der Waals surface area contributed by atoms with Crippen molar-refractivity contribution in [1.82, 2.24) is 10.2 Å². The Kier molecular flexibility index (Phi) is 4.17. The number of nitrogens with zero attached hydrogens (tertiary/aromatic N) is 1. The lowest BCUT2D eigenvalue weighted by atomic mass is 9.98. The molecule has 0 aromatic rings. The molecule has 6 heteroatoms. The van der Waals surface area contributed by atoms with Gasteiger partial charge in [0.15, 0.2) is 9.84 Å². The Hall–Kier alpha value is -0.620. The number of sulfone groups is 1. The third-order valence-electron chi connectivity index (χ3n) is 4.64. The van der Waals surface area contributed by atoms with Gasteiger partial charge in [0.1, 0.15) is 0 Å². The molecule has 2 heterocycles. The van der Waals surface area contributed by atoms with Crippen LogP contribution in [-0.2, 0) is 14.6 Å². The largest absolute Gasteiger partial charge is 0.321 e. The minimum Gasteiger partial charge on any atom is -0.321 e. The lowest BCUT2D eigenvalue weighted by Gasteiger charge is -2.36. The third-order valence-corrected chi connectivity index (χ3v) is 6.45. The van der Waals surface area contributed by atoms with Gasteiger partial charge < -0.3 is 4.90 Å². The van der Waals surface area contributed by atoms with Gasteiger partial charge in [-0.1, -0.05) is 20.8 Å². The van der Waals surface area contributed by atoms with E-state index in [4.69, 9.17) is 0 Å². The highest BCUT2D eigenvalue weighted by Crippen LogP contribution is 2.32. The van der Waals surface area contributed by atoms with E-state index >= 15 is 0 Å². The zero-order valence-corrected chi connectivity index (χ0v) is 13.7. The fourth-order valence-corrected chi connectivity index (χ4v) is 4.91. The van der Waals surface area contributed by atoms with Crippen molar-refractivity contribution in [1.29, 1.82) is 0 Å². The molecular formula is C14H26N2O3S. The van der Waals surface area contributed by atoms with E-state index in [-0.39, 0.29) is 35.5 Å². The minimum atomic E-state index is -3.01. The first kappa shape index (κ1) is 15.8. The van der Waals surface area contributed by atoms with Gasteiger partial charge in [-0.15, -0.1) is 0 Å². The van der Waals surface area contributed by atoms with Crippen LogP contribution in [0.5, 0.6) is 0 Å². The molecule has 0 aromatic carbocycles. The van der Waals surface area contributed by atoms with E-state index in [2.05, 4.69) is 19.2 Å². The van der Waals surface area contributed by atoms with Gasteiger partial charge in [-0.3, -0.25) is 10.1 Å². The topological polar surface area (TPSA) is 66.5 Å². The molecule has 0 spiro atoms. The second kappa shape index (κ2) is 5.30. The van der Waals surface area contributed by atoms with Gasteiger partial charge in [-0.2, -0.15) is 0 Å². The molecule has 0 radical (unpaired) electrons. The lowest BCUT2D eigenvalue weighted by Crippen LogP contribution is -2.51. The predicted molar refractivity (Wildman–Crippen MR) is 79.0 cm³/mol. The van der Waals surface area contributed by atoms with Crippen molar-refractivity contribution in [3.05, 3.63) is 0 Å². The summed E-state index contributed by atoms with van der Waals surface area (Å²) in [4.78, 5) is 14.6. The smallest absolute Gasteiger partial charge is 0.244 e. The maximum absolute atomic E-state index is 12.8. The van der Waals surface area contributed by atoms with Crippen molar-refractivity contribution >= 4 is 15.7 Å². The molecule has 3 unspecified atom stereocenters. The number of carbonyl (C=O) groups excluding carboxylic acids is 1. The van der Waals surface area contributed by atoms with Gasteiger partial charge in [0.2, 0.25) is 5.91 Å². The quantitative estimate of drug-likeness (QED) is 0.849. The maximum Gasteiger partial charge on any atom is 0.244 e. The van der Waals surface area contributed by atoms with Crippen molar-refractivity contribution in [3.63, 3.8) is 0 Å². The van der Waals surface area contributed by atoms with Crippen molar-refractivity contribution in [2.45, 2.75) is 64.7 Å². The number of amides is 1. The number of rotatable bonds is 3. The maximum atomic E-state index is 12.8. The van der Waals surface area contributed by atoms with Gasteiger partial charge >= 0.3 is 0 Å². The van der Waals surface area contributed by atoms with Crippen molar-refractivity contribution in [2.75, 3.05) is 11.5 Å². The van der Waals surface area contributed by atoms with Crippen molar-refractivity contribution in [3.8, 4) is 0 Å². The highest BCUT2D eigenvalue weighted by atomic mass is 32.2. The molecule has 0 aliphatic carbocycles. The van der Waals surface area contributed by atoms with E-state index in [1.165, 1.54) is 0 Å². The molecule has 1 N–H and O–H groups in total. The summed E-state index contributed by atoms with van der Waals surface area (Å²) in [6.45, 7) is 8.04. The molecule has 2 fully saturated rings. The summed E-state index contributed by atoms with van der Waals surface area (Å²) < 4.78 is 23.7. The molecule has 2 saturated heterocycles. The summed E-state index contributed by atoms with van der Waals surface area (Å²) in [6, 6.07) is -0.172. The van der Waals surface area contributed by atoms with Crippen LogP contribution in [0.4, 0.5) is 0 Å². The fourth-order valence-electron chi connectivity index (χ4n) is 3.22. The fraction of sp³-hybridized carbons (Fsp3) is 0.929. The second-order valence-corrected chi connectivity index (χ2v) is 8.87. The first-order valence-corrected chi connectivity index (χ1v) is 9.33. The highest BCUT2D eigenvalue weighted by Gasteiger charge is 2.50. The average molecular weight is 302 g/mol. The molecule has 2 rings (SSSR count). The standard InChI is InChI=1S/C14H26N2O3S/c1-5-14(4)13(17)16(12(15-14)10(2)3)11-7-6-8-20(18,19)9-11/h10-12,15H,5-9H2,1-4H3. The first-order chi connectivity index (χ1) is 9.20. The number of nitrogens with one attached hydrogen (secondary N) is 1. The normalized spacial score (nSPS) is 37.6. The molecule has 0 bridgehead atoms. The summed E-state index contributed by atoms with van der Waals surface area (Å²) in [5.74, 6) is 0.692. The van der Waals surface area contributed by atoms with Crippen LogP contribution >= 0.6 is 0 Å². The molecule has 0 saturated carbocycles. The van der Waals surface area contributed by atoms with Crippen LogP contribution in [-0.4, -0.2) is 48.5 Å². The van der Waals surface area contributed by atoms with Crippen LogP contribution in [0.15, 0.2) is 0 Å². The number of hydrogen-bond acceptors (Lipinski definition) is 4. The average Bonchev–Trinajstić information content (AvgIpc) is 2.62. The lowest BCUT2D eigenvalue weighted by molar-refractivity contribution is -0.135. The van der Waals surface area contributed by atoms with Crippen molar-refractivity contribution in [2.24, 2.45) is 5.92 Å². The molecule has 116 valence electrons. The van der Waals surface area contributed by atoms with Gasteiger partial charge in [0, 0.05) is 6.04 Å². The van der Waals surface area contributed by atoms with Gasteiger partial charge in [-0.25, -0.2) is 8.42 Å². The molecule has 1 amide bonds. The van der Waals surface area contributed by atoms with Crippen LogP contribution in [0.25, 0.3) is 0 Å². The molecule has 3 atom stereocenters. The summed E-state index contributed by atoms with van der Waals surface area (Å²) in [7, 11) is -3.01. The van der Waals surface area contributed by atoms with E-state index in [0.717, 1.165) is 6.42 Å². The van der Waals surface area contributed by atoms with E-state index in [1.807, 2.05) is 18.7 Å². The third kappa shape index (κ3) is 2.72. The number of hydrogen-bond donors (Lipinski definition) is 1. The minimum absolute atomic E-state index is 0.0563. The second-order valence-electron chi connectivity index (χ2n) is 6.64. The summed E-state index contributed by atoms with van der Waals surface area (Å²) >= 11 is 0. The Morgan fingerprint density at radius 3 is 2.60 bits per heavy atom. The number of carbonyl (C=O) groups is 1.